The first kappa shape index (κ1) is 19.1. The summed E-state index contributed by atoms with van der Waals surface area (Å²) in [4.78, 5) is 26.0. The second-order valence-electron chi connectivity index (χ2n) is 6.40. The van der Waals surface area contributed by atoms with Crippen molar-refractivity contribution in [1.82, 2.24) is 10.2 Å². The zero-order valence-electron chi connectivity index (χ0n) is 14.2. The average molecular weight is 517 g/mol. The standard InChI is InChI=1S/C18H13Br2F2N3O3/c19-8-3-11(22)16-13(7-28-14(16)4-8)23-15(26)6-25-5-9-12(24-18(25)27)2-1-10(21)17(9)20/h1-4,13H,5-7H2,(H,23,26)(H,24,27)/t13-/m0/s1. The van der Waals surface area contributed by atoms with Gasteiger partial charge in [-0.3, -0.25) is 4.79 Å². The van der Waals surface area contributed by atoms with Crippen LogP contribution >= 0.6 is 31.9 Å². The number of nitrogens with zero attached hydrogens (tertiary/aromatic N) is 1. The predicted molar refractivity (Wildman–Crippen MR) is 104 cm³/mol. The lowest BCUT2D eigenvalue weighted by atomic mass is 10.1. The van der Waals surface area contributed by atoms with E-state index < -0.39 is 29.6 Å². The van der Waals surface area contributed by atoms with Crippen LogP contribution in [0.15, 0.2) is 33.2 Å². The Morgan fingerprint density at radius 3 is 2.86 bits per heavy atom. The fraction of sp³-hybridized carbons (Fsp3) is 0.222. The highest BCUT2D eigenvalue weighted by atomic mass is 79.9. The van der Waals surface area contributed by atoms with E-state index >= 15 is 0 Å². The molecule has 2 aromatic rings. The van der Waals surface area contributed by atoms with Crippen LogP contribution in [0.5, 0.6) is 5.75 Å². The molecule has 0 saturated carbocycles. The summed E-state index contributed by atoms with van der Waals surface area (Å²) in [6.45, 7) is -0.107. The van der Waals surface area contributed by atoms with Crippen LogP contribution < -0.4 is 15.4 Å². The Morgan fingerprint density at radius 2 is 2.07 bits per heavy atom. The van der Waals surface area contributed by atoms with Gasteiger partial charge in [-0.2, -0.15) is 0 Å². The first-order chi connectivity index (χ1) is 13.3. The van der Waals surface area contributed by atoms with Gasteiger partial charge in [0.2, 0.25) is 5.91 Å². The molecule has 0 spiro atoms. The zero-order valence-corrected chi connectivity index (χ0v) is 17.4. The van der Waals surface area contributed by atoms with Crippen LogP contribution in [0, 0.1) is 11.6 Å². The lowest BCUT2D eigenvalue weighted by Gasteiger charge is -2.30. The van der Waals surface area contributed by atoms with Crippen molar-refractivity contribution in [2.75, 3.05) is 18.5 Å². The van der Waals surface area contributed by atoms with Crippen LogP contribution in [0.1, 0.15) is 17.2 Å². The zero-order chi connectivity index (χ0) is 20.0. The quantitative estimate of drug-likeness (QED) is 0.645. The molecule has 0 unspecified atom stereocenters. The molecule has 2 heterocycles. The van der Waals surface area contributed by atoms with Crippen molar-refractivity contribution in [3.8, 4) is 5.75 Å². The van der Waals surface area contributed by atoms with E-state index in [-0.39, 0.29) is 29.7 Å². The summed E-state index contributed by atoms with van der Waals surface area (Å²) in [6, 6.07) is 4.52. The van der Waals surface area contributed by atoms with Gasteiger partial charge < -0.3 is 20.3 Å². The lowest BCUT2D eigenvalue weighted by molar-refractivity contribution is -0.122. The second-order valence-corrected chi connectivity index (χ2v) is 8.11. The number of halogens is 4. The molecule has 28 heavy (non-hydrogen) atoms. The number of carbonyl (C=O) groups is 2. The van der Waals surface area contributed by atoms with E-state index in [0.717, 1.165) is 0 Å². The molecular formula is C18H13Br2F2N3O3. The van der Waals surface area contributed by atoms with Crippen LogP contribution in [0.25, 0.3) is 0 Å². The van der Waals surface area contributed by atoms with Crippen LogP contribution in [0.4, 0.5) is 19.3 Å². The summed E-state index contributed by atoms with van der Waals surface area (Å²) in [6.07, 6.45) is 0. The number of ether oxygens (including phenoxy) is 1. The van der Waals surface area contributed by atoms with Gasteiger partial charge in [0.15, 0.2) is 0 Å². The minimum Gasteiger partial charge on any atom is -0.491 e. The van der Waals surface area contributed by atoms with Crippen LogP contribution in [0.3, 0.4) is 0 Å². The third kappa shape index (κ3) is 3.46. The number of hydrogen-bond acceptors (Lipinski definition) is 3. The minimum absolute atomic E-state index is 0.0615. The summed E-state index contributed by atoms with van der Waals surface area (Å²) in [5, 5.41) is 5.31. The van der Waals surface area contributed by atoms with Gasteiger partial charge in [0.05, 0.1) is 22.6 Å². The molecule has 4 rings (SSSR count). The monoisotopic (exact) mass is 515 g/mol. The van der Waals surface area contributed by atoms with E-state index in [2.05, 4.69) is 42.5 Å². The Hall–Kier alpha value is -2.20. The maximum Gasteiger partial charge on any atom is 0.322 e. The van der Waals surface area contributed by atoms with Gasteiger partial charge in [-0.1, -0.05) is 15.9 Å². The molecule has 0 saturated heterocycles. The lowest BCUT2D eigenvalue weighted by Crippen LogP contribution is -2.45. The van der Waals surface area contributed by atoms with Crippen molar-refractivity contribution in [3.63, 3.8) is 0 Å². The maximum atomic E-state index is 14.2. The van der Waals surface area contributed by atoms with E-state index in [1.54, 1.807) is 6.07 Å². The van der Waals surface area contributed by atoms with E-state index in [1.807, 2.05) is 0 Å². The fourth-order valence-electron chi connectivity index (χ4n) is 3.25. The highest BCUT2D eigenvalue weighted by Gasteiger charge is 2.32. The smallest absolute Gasteiger partial charge is 0.322 e. The number of urea groups is 1. The number of benzene rings is 2. The topological polar surface area (TPSA) is 70.7 Å². The van der Waals surface area contributed by atoms with E-state index in [9.17, 15) is 18.4 Å². The Kier molecular flexibility index (Phi) is 5.00. The van der Waals surface area contributed by atoms with Gasteiger partial charge in [-0.15, -0.1) is 0 Å². The average Bonchev–Trinajstić information content (AvgIpc) is 3.02. The van der Waals surface area contributed by atoms with Crippen molar-refractivity contribution in [2.45, 2.75) is 12.6 Å². The molecule has 146 valence electrons. The van der Waals surface area contributed by atoms with Crippen molar-refractivity contribution in [1.29, 1.82) is 0 Å². The maximum absolute atomic E-state index is 14.2. The number of fused-ring (bicyclic) bond motifs is 2. The minimum atomic E-state index is -0.653. The third-order valence-electron chi connectivity index (χ3n) is 4.55. The predicted octanol–water partition coefficient (Wildman–Crippen LogP) is 4.09. The Morgan fingerprint density at radius 1 is 1.29 bits per heavy atom. The number of amides is 3. The summed E-state index contributed by atoms with van der Waals surface area (Å²) < 4.78 is 34.2. The number of anilines is 1. The highest BCUT2D eigenvalue weighted by Crippen LogP contribution is 2.37. The number of nitrogens with one attached hydrogen (secondary N) is 2. The van der Waals surface area contributed by atoms with Gasteiger partial charge >= 0.3 is 6.03 Å². The summed E-state index contributed by atoms with van der Waals surface area (Å²) in [5.74, 6) is -1.06. The normalized spacial score (nSPS) is 17.5. The van der Waals surface area contributed by atoms with Crippen molar-refractivity contribution in [3.05, 3.63) is 56.0 Å². The molecule has 10 heteroatoms. The van der Waals surface area contributed by atoms with E-state index in [0.29, 0.717) is 21.5 Å². The van der Waals surface area contributed by atoms with Gasteiger partial charge in [0.1, 0.15) is 30.5 Å². The Labute approximate surface area is 175 Å². The molecule has 6 nitrogen and oxygen atoms in total. The Bertz CT molecular complexity index is 1000. The fourth-order valence-corrected chi connectivity index (χ4v) is 4.13. The molecule has 3 amide bonds. The molecule has 0 fully saturated rings. The largest absolute Gasteiger partial charge is 0.491 e. The molecule has 2 aromatic carbocycles. The van der Waals surface area contributed by atoms with Gasteiger partial charge in [-0.25, -0.2) is 13.6 Å². The molecule has 2 aliphatic heterocycles. The molecule has 0 bridgehead atoms. The van der Waals surface area contributed by atoms with E-state index in [4.69, 9.17) is 4.74 Å². The molecule has 0 radical (unpaired) electrons. The Balaban J connectivity index is 1.47. The van der Waals surface area contributed by atoms with Crippen molar-refractivity contribution in [2.24, 2.45) is 0 Å². The molecule has 2 N–H and O–H groups in total. The van der Waals surface area contributed by atoms with Crippen molar-refractivity contribution < 1.29 is 23.1 Å². The van der Waals surface area contributed by atoms with Crippen LogP contribution in [-0.2, 0) is 11.3 Å². The molecule has 1 atom stereocenters. The SMILES string of the molecule is O=C(CN1Cc2c(ccc(F)c2Br)NC1=O)N[C@H]1COc2cc(Br)cc(F)c21. The number of hydrogen-bond donors (Lipinski definition) is 2. The summed E-state index contributed by atoms with van der Waals surface area (Å²) in [7, 11) is 0. The van der Waals surface area contributed by atoms with Gasteiger partial charge in [0.25, 0.3) is 0 Å². The van der Waals surface area contributed by atoms with E-state index in [1.165, 1.54) is 23.1 Å². The number of rotatable bonds is 3. The first-order valence-electron chi connectivity index (χ1n) is 8.27. The summed E-state index contributed by atoms with van der Waals surface area (Å²) >= 11 is 6.36. The molecular weight excluding hydrogens is 504 g/mol. The second kappa shape index (κ2) is 7.32. The van der Waals surface area contributed by atoms with Crippen molar-refractivity contribution >= 4 is 49.5 Å². The number of carbonyl (C=O) groups excluding carboxylic acids is 2. The first-order valence-corrected chi connectivity index (χ1v) is 9.86. The molecule has 2 aliphatic rings. The van der Waals surface area contributed by atoms with Gasteiger partial charge in [0, 0.05) is 15.7 Å². The van der Waals surface area contributed by atoms with Crippen LogP contribution in [0.2, 0.25) is 0 Å². The van der Waals surface area contributed by atoms with Gasteiger partial charge in [-0.05, 0) is 40.2 Å². The molecule has 0 aromatic heterocycles. The van der Waals surface area contributed by atoms with Crippen LogP contribution in [-0.4, -0.2) is 30.0 Å². The highest BCUT2D eigenvalue weighted by molar-refractivity contribution is 9.10. The summed E-state index contributed by atoms with van der Waals surface area (Å²) in [5.41, 5.74) is 1.30. The molecule has 0 aliphatic carbocycles. The third-order valence-corrected chi connectivity index (χ3v) is 5.87.